The minimum atomic E-state index is -3.52. The number of hydrogen-bond donors (Lipinski definition) is 0. The lowest BCUT2D eigenvalue weighted by Gasteiger charge is -2.33. The molecule has 0 aliphatic carbocycles. The van der Waals surface area contributed by atoms with Crippen LogP contribution in [0.4, 0.5) is 5.69 Å². The number of amides is 1. The summed E-state index contributed by atoms with van der Waals surface area (Å²) in [7, 11) is -1.72. The lowest BCUT2D eigenvalue weighted by Crippen LogP contribution is -2.45. The maximum absolute atomic E-state index is 13.1. The van der Waals surface area contributed by atoms with Crippen molar-refractivity contribution >= 4 is 33.0 Å². The van der Waals surface area contributed by atoms with Crippen molar-refractivity contribution in [1.29, 1.82) is 0 Å². The van der Waals surface area contributed by atoms with Gasteiger partial charge in [0.15, 0.2) is 0 Å². The van der Waals surface area contributed by atoms with Gasteiger partial charge in [-0.15, -0.1) is 11.3 Å². The smallest absolute Gasteiger partial charge is 0.252 e. The quantitative estimate of drug-likeness (QED) is 0.659. The van der Waals surface area contributed by atoms with Crippen LogP contribution in [0.2, 0.25) is 0 Å². The van der Waals surface area contributed by atoms with E-state index in [0.717, 1.165) is 38.3 Å². The van der Waals surface area contributed by atoms with Gasteiger partial charge in [0.25, 0.3) is 10.0 Å². The minimum absolute atomic E-state index is 0.00309. The molecule has 31 heavy (non-hydrogen) atoms. The van der Waals surface area contributed by atoms with Crippen LogP contribution >= 0.6 is 11.3 Å². The van der Waals surface area contributed by atoms with Crippen LogP contribution in [0.15, 0.2) is 46.0 Å². The standard InChI is InChI=1S/C22H29N3O4S2/c1-23(16-18-6-8-20(9-7-18)24-11-13-29-14-12-24)22(26)19-4-2-10-25(17-19)31(27,28)21-5-3-15-30-21/h3,5-9,15,19H,2,4,10-14,16-17H2,1H3/t19-/m0/s1. The van der Waals surface area contributed by atoms with Gasteiger partial charge in [-0.1, -0.05) is 18.2 Å². The van der Waals surface area contributed by atoms with E-state index in [2.05, 4.69) is 29.2 Å². The summed E-state index contributed by atoms with van der Waals surface area (Å²) >= 11 is 1.22. The van der Waals surface area contributed by atoms with Crippen molar-refractivity contribution < 1.29 is 17.9 Å². The Kier molecular flexibility index (Phi) is 6.95. The first kappa shape index (κ1) is 22.3. The first-order valence-electron chi connectivity index (χ1n) is 10.7. The number of rotatable bonds is 6. The Hall–Kier alpha value is -1.94. The molecule has 4 rings (SSSR count). The Bertz CT molecular complexity index is 971. The molecule has 2 aliphatic rings. The van der Waals surface area contributed by atoms with E-state index in [9.17, 15) is 13.2 Å². The van der Waals surface area contributed by atoms with Crippen LogP contribution in [0.5, 0.6) is 0 Å². The van der Waals surface area contributed by atoms with E-state index in [1.807, 2.05) is 0 Å². The summed E-state index contributed by atoms with van der Waals surface area (Å²) in [6.07, 6.45) is 1.42. The molecule has 3 heterocycles. The van der Waals surface area contributed by atoms with Crippen molar-refractivity contribution in [2.75, 3.05) is 51.3 Å². The third kappa shape index (κ3) is 5.11. The molecule has 2 fully saturated rings. The number of hydrogen-bond acceptors (Lipinski definition) is 6. The molecule has 1 aromatic carbocycles. The number of morpholine rings is 1. The first-order chi connectivity index (χ1) is 14.9. The van der Waals surface area contributed by atoms with E-state index in [-0.39, 0.29) is 18.4 Å². The molecule has 0 saturated carbocycles. The maximum atomic E-state index is 13.1. The molecule has 1 amide bonds. The van der Waals surface area contributed by atoms with Crippen LogP contribution in [0.25, 0.3) is 0 Å². The highest BCUT2D eigenvalue weighted by Crippen LogP contribution is 2.27. The summed E-state index contributed by atoms with van der Waals surface area (Å²) in [5, 5.41) is 1.76. The highest BCUT2D eigenvalue weighted by atomic mass is 32.2. The summed E-state index contributed by atoms with van der Waals surface area (Å²) in [6.45, 7) is 4.51. The largest absolute Gasteiger partial charge is 0.378 e. The number of thiophene rings is 1. The third-order valence-electron chi connectivity index (χ3n) is 5.93. The van der Waals surface area contributed by atoms with Crippen LogP contribution in [0.1, 0.15) is 18.4 Å². The van der Waals surface area contributed by atoms with Gasteiger partial charge in [-0.05, 0) is 42.0 Å². The number of benzene rings is 1. The molecular formula is C22H29N3O4S2. The second-order valence-electron chi connectivity index (χ2n) is 8.09. The fourth-order valence-corrected chi connectivity index (χ4v) is 6.87. The maximum Gasteiger partial charge on any atom is 0.252 e. The summed E-state index contributed by atoms with van der Waals surface area (Å²) in [5.41, 5.74) is 2.23. The average Bonchev–Trinajstić information content (AvgIpc) is 3.36. The SMILES string of the molecule is CN(Cc1ccc(N2CCOCC2)cc1)C(=O)[C@H]1CCCN(S(=O)(=O)c2cccs2)C1. The molecule has 2 aromatic rings. The minimum Gasteiger partial charge on any atom is -0.378 e. The van der Waals surface area contributed by atoms with Gasteiger partial charge in [-0.2, -0.15) is 4.31 Å². The Balaban J connectivity index is 1.36. The van der Waals surface area contributed by atoms with E-state index in [0.29, 0.717) is 23.7 Å². The van der Waals surface area contributed by atoms with Gasteiger partial charge in [0.2, 0.25) is 5.91 Å². The predicted molar refractivity (Wildman–Crippen MR) is 122 cm³/mol. The Morgan fingerprint density at radius 3 is 2.58 bits per heavy atom. The fraction of sp³-hybridized carbons (Fsp3) is 0.500. The van der Waals surface area contributed by atoms with Crippen LogP contribution in [0, 0.1) is 5.92 Å². The highest BCUT2D eigenvalue weighted by Gasteiger charge is 2.34. The zero-order valence-electron chi connectivity index (χ0n) is 17.8. The number of ether oxygens (including phenoxy) is 1. The monoisotopic (exact) mass is 463 g/mol. The lowest BCUT2D eigenvalue weighted by atomic mass is 9.98. The number of nitrogens with zero attached hydrogens (tertiary/aromatic N) is 3. The number of carbonyl (C=O) groups excluding carboxylic acids is 1. The zero-order valence-corrected chi connectivity index (χ0v) is 19.4. The average molecular weight is 464 g/mol. The molecule has 0 radical (unpaired) electrons. The van der Waals surface area contributed by atoms with E-state index in [1.165, 1.54) is 21.3 Å². The van der Waals surface area contributed by atoms with Gasteiger partial charge in [-0.25, -0.2) is 8.42 Å². The molecule has 9 heteroatoms. The van der Waals surface area contributed by atoms with Crippen LogP contribution in [-0.4, -0.2) is 70.0 Å². The fourth-order valence-electron chi connectivity index (χ4n) is 4.20. The van der Waals surface area contributed by atoms with Crippen molar-refractivity contribution in [1.82, 2.24) is 9.21 Å². The van der Waals surface area contributed by atoms with E-state index < -0.39 is 10.0 Å². The summed E-state index contributed by atoms with van der Waals surface area (Å²) < 4.78 is 32.9. The second kappa shape index (κ2) is 9.68. The molecule has 1 atom stereocenters. The van der Waals surface area contributed by atoms with Gasteiger partial charge < -0.3 is 14.5 Å². The summed E-state index contributed by atoms with van der Waals surface area (Å²) in [5.74, 6) is -0.301. The van der Waals surface area contributed by atoms with Gasteiger partial charge in [0.05, 0.1) is 19.1 Å². The van der Waals surface area contributed by atoms with Crippen LogP contribution in [-0.2, 0) is 26.1 Å². The van der Waals surface area contributed by atoms with Crippen molar-refractivity contribution in [2.45, 2.75) is 23.6 Å². The third-order valence-corrected chi connectivity index (χ3v) is 9.17. The molecule has 0 bridgehead atoms. The Labute approximate surface area is 188 Å². The van der Waals surface area contributed by atoms with Crippen LogP contribution in [0.3, 0.4) is 0 Å². The van der Waals surface area contributed by atoms with E-state index in [4.69, 9.17) is 4.74 Å². The van der Waals surface area contributed by atoms with Crippen molar-refractivity contribution in [3.63, 3.8) is 0 Å². The highest BCUT2D eigenvalue weighted by molar-refractivity contribution is 7.91. The van der Waals surface area contributed by atoms with Crippen molar-refractivity contribution in [3.8, 4) is 0 Å². The van der Waals surface area contributed by atoms with E-state index >= 15 is 0 Å². The molecule has 1 aromatic heterocycles. The topological polar surface area (TPSA) is 70.2 Å². The van der Waals surface area contributed by atoms with Gasteiger partial charge in [0, 0.05) is 45.5 Å². The molecule has 7 nitrogen and oxygen atoms in total. The van der Waals surface area contributed by atoms with Crippen molar-refractivity contribution in [2.24, 2.45) is 5.92 Å². The second-order valence-corrected chi connectivity index (χ2v) is 11.2. The van der Waals surface area contributed by atoms with Gasteiger partial charge in [0.1, 0.15) is 4.21 Å². The number of carbonyl (C=O) groups is 1. The normalized spacial score (nSPS) is 20.5. The molecule has 0 spiro atoms. The lowest BCUT2D eigenvalue weighted by molar-refractivity contribution is -0.135. The zero-order chi connectivity index (χ0) is 21.8. The van der Waals surface area contributed by atoms with Crippen molar-refractivity contribution in [3.05, 3.63) is 47.3 Å². The molecule has 0 unspecified atom stereocenters. The Morgan fingerprint density at radius 2 is 1.90 bits per heavy atom. The van der Waals surface area contributed by atoms with Crippen LogP contribution < -0.4 is 4.90 Å². The van der Waals surface area contributed by atoms with E-state index in [1.54, 1.807) is 29.5 Å². The first-order valence-corrected chi connectivity index (χ1v) is 13.0. The number of sulfonamides is 1. The molecular weight excluding hydrogens is 434 g/mol. The molecule has 168 valence electrons. The van der Waals surface area contributed by atoms with Gasteiger partial charge in [-0.3, -0.25) is 4.79 Å². The molecule has 2 aliphatic heterocycles. The molecule has 0 N–H and O–H groups in total. The summed E-state index contributed by atoms with van der Waals surface area (Å²) in [6, 6.07) is 11.7. The summed E-state index contributed by atoms with van der Waals surface area (Å²) in [4.78, 5) is 17.1. The van der Waals surface area contributed by atoms with Gasteiger partial charge >= 0.3 is 0 Å². The molecule has 2 saturated heterocycles. The number of anilines is 1. The Morgan fingerprint density at radius 1 is 1.16 bits per heavy atom. The number of piperidine rings is 1. The predicted octanol–water partition coefficient (Wildman–Crippen LogP) is 2.64.